The molecule has 0 saturated carbocycles. The van der Waals surface area contributed by atoms with Gasteiger partial charge in [0.2, 0.25) is 0 Å². The third kappa shape index (κ3) is 3.25. The normalized spacial score (nSPS) is 14.8. The van der Waals surface area contributed by atoms with Gasteiger partial charge in [-0.25, -0.2) is 0 Å². The van der Waals surface area contributed by atoms with E-state index in [0.717, 1.165) is 22.2 Å². The lowest BCUT2D eigenvalue weighted by atomic mass is 10.1. The van der Waals surface area contributed by atoms with E-state index in [9.17, 15) is 9.59 Å². The lowest BCUT2D eigenvalue weighted by Gasteiger charge is -2.35. The number of fused-ring (bicyclic) bond motifs is 1. The van der Waals surface area contributed by atoms with E-state index in [0.29, 0.717) is 13.1 Å². The molecule has 1 aromatic heterocycles. The number of thiocarbonyl (C=S) groups is 1. The molecule has 146 valence electrons. The van der Waals surface area contributed by atoms with Crippen LogP contribution in [0, 0.1) is 0 Å². The Morgan fingerprint density at radius 3 is 2.17 bits per heavy atom. The zero-order chi connectivity index (χ0) is 20.5. The fraction of sp³-hybridized carbons (Fsp3) is 0.174. The number of rotatable bonds is 4. The van der Waals surface area contributed by atoms with Crippen LogP contribution in [0.25, 0.3) is 22.5 Å². The van der Waals surface area contributed by atoms with Crippen LogP contribution in [-0.2, 0) is 9.59 Å². The third-order valence-electron chi connectivity index (χ3n) is 5.13. The predicted molar refractivity (Wildman–Crippen MR) is 119 cm³/mol. The number of carbonyl (C=O) groups excluding carboxylic acids is 2. The van der Waals surface area contributed by atoms with E-state index >= 15 is 0 Å². The third-order valence-corrected chi connectivity index (χ3v) is 5.57. The second kappa shape index (κ2) is 7.64. The van der Waals surface area contributed by atoms with E-state index in [2.05, 4.69) is 24.3 Å². The average molecular weight is 404 g/mol. The SMILES string of the molecule is CCN1C(=O)C(=Cc2cccn2-c2ccc3ccccc3c2)C(=O)N(CC)C1=S. The van der Waals surface area contributed by atoms with E-state index < -0.39 is 0 Å². The lowest BCUT2D eigenvalue weighted by Crippen LogP contribution is -2.55. The van der Waals surface area contributed by atoms with Crippen LogP contribution in [0.3, 0.4) is 0 Å². The minimum absolute atomic E-state index is 0.128. The molecular formula is C23H21N3O2S. The highest BCUT2D eigenvalue weighted by molar-refractivity contribution is 7.80. The van der Waals surface area contributed by atoms with Gasteiger partial charge in [-0.3, -0.25) is 19.4 Å². The average Bonchev–Trinajstić information content (AvgIpc) is 3.20. The Morgan fingerprint density at radius 1 is 0.862 bits per heavy atom. The first-order valence-corrected chi connectivity index (χ1v) is 10.0. The highest BCUT2D eigenvalue weighted by Crippen LogP contribution is 2.24. The first kappa shape index (κ1) is 19.1. The Labute approximate surface area is 174 Å². The van der Waals surface area contributed by atoms with Crippen molar-refractivity contribution in [2.75, 3.05) is 13.1 Å². The van der Waals surface area contributed by atoms with Gasteiger partial charge in [0, 0.05) is 30.7 Å². The van der Waals surface area contributed by atoms with E-state index in [1.165, 1.54) is 9.80 Å². The second-order valence-corrected chi connectivity index (χ2v) is 7.14. The molecule has 6 heteroatoms. The number of nitrogens with zero attached hydrogens (tertiary/aromatic N) is 3. The molecule has 0 unspecified atom stereocenters. The number of aromatic nitrogens is 1. The molecule has 0 N–H and O–H groups in total. The van der Waals surface area contributed by atoms with E-state index in [-0.39, 0.29) is 22.5 Å². The summed E-state index contributed by atoms with van der Waals surface area (Å²) < 4.78 is 1.97. The number of hydrogen-bond donors (Lipinski definition) is 0. The summed E-state index contributed by atoms with van der Waals surface area (Å²) in [6.07, 6.45) is 3.58. The zero-order valence-corrected chi connectivity index (χ0v) is 17.1. The predicted octanol–water partition coefficient (Wildman–Crippen LogP) is 4.01. The quantitative estimate of drug-likeness (QED) is 0.376. The Morgan fingerprint density at radius 2 is 1.52 bits per heavy atom. The van der Waals surface area contributed by atoms with Gasteiger partial charge in [-0.05, 0) is 67.2 Å². The summed E-state index contributed by atoms with van der Waals surface area (Å²) in [5.41, 5.74) is 1.85. The highest BCUT2D eigenvalue weighted by atomic mass is 32.1. The Balaban J connectivity index is 1.79. The van der Waals surface area contributed by atoms with E-state index in [4.69, 9.17) is 12.2 Å². The number of hydrogen-bond acceptors (Lipinski definition) is 3. The summed E-state index contributed by atoms with van der Waals surface area (Å²) in [4.78, 5) is 28.7. The van der Waals surface area contributed by atoms with Crippen molar-refractivity contribution in [3.8, 4) is 5.69 Å². The molecule has 0 aliphatic carbocycles. The largest absolute Gasteiger partial charge is 0.317 e. The number of amides is 2. The molecule has 1 aliphatic heterocycles. The molecule has 1 saturated heterocycles. The van der Waals surface area contributed by atoms with Crippen LogP contribution in [-0.4, -0.2) is 44.4 Å². The van der Waals surface area contributed by atoms with Gasteiger partial charge in [0.15, 0.2) is 5.11 Å². The maximum absolute atomic E-state index is 12.9. The fourth-order valence-corrected chi connectivity index (χ4v) is 4.03. The van der Waals surface area contributed by atoms with Crippen LogP contribution in [0.5, 0.6) is 0 Å². The highest BCUT2D eigenvalue weighted by Gasteiger charge is 2.37. The van der Waals surface area contributed by atoms with Gasteiger partial charge in [0.25, 0.3) is 11.8 Å². The van der Waals surface area contributed by atoms with Gasteiger partial charge in [0.05, 0.1) is 0 Å². The van der Waals surface area contributed by atoms with Crippen molar-refractivity contribution in [2.45, 2.75) is 13.8 Å². The molecule has 0 spiro atoms. The molecule has 2 amide bonds. The topological polar surface area (TPSA) is 45.6 Å². The van der Waals surface area contributed by atoms with Crippen molar-refractivity contribution in [3.05, 3.63) is 72.1 Å². The summed E-state index contributed by atoms with van der Waals surface area (Å²) in [5.74, 6) is -0.697. The zero-order valence-electron chi connectivity index (χ0n) is 16.3. The molecular weight excluding hydrogens is 382 g/mol. The number of benzene rings is 2. The molecule has 0 radical (unpaired) electrons. The van der Waals surface area contributed by atoms with Crippen LogP contribution in [0.1, 0.15) is 19.5 Å². The second-order valence-electron chi connectivity index (χ2n) is 6.77. The Hall–Kier alpha value is -3.25. The minimum atomic E-state index is -0.349. The van der Waals surface area contributed by atoms with Gasteiger partial charge in [0.1, 0.15) is 5.57 Å². The molecule has 0 bridgehead atoms. The van der Waals surface area contributed by atoms with Gasteiger partial charge >= 0.3 is 0 Å². The molecule has 4 rings (SSSR count). The van der Waals surface area contributed by atoms with Gasteiger partial charge in [-0.15, -0.1) is 0 Å². The molecule has 1 aliphatic rings. The maximum Gasteiger partial charge on any atom is 0.265 e. The molecule has 3 aromatic rings. The summed E-state index contributed by atoms with van der Waals surface area (Å²) >= 11 is 5.33. The standard InChI is InChI=1S/C23H21N3O2S/c1-3-24-21(27)20(22(28)25(4-2)23(24)29)15-18-10-7-13-26(18)19-12-11-16-8-5-6-9-17(16)14-19/h5-15H,3-4H2,1-2H3. The molecule has 5 nitrogen and oxygen atoms in total. The lowest BCUT2D eigenvalue weighted by molar-refractivity contribution is -0.133. The fourth-order valence-electron chi connectivity index (χ4n) is 3.60. The molecule has 1 fully saturated rings. The Kier molecular flexibility index (Phi) is 5.03. The number of carbonyl (C=O) groups is 2. The van der Waals surface area contributed by atoms with Crippen molar-refractivity contribution in [1.29, 1.82) is 0 Å². The molecule has 2 aromatic carbocycles. The van der Waals surface area contributed by atoms with E-state index in [1.54, 1.807) is 6.08 Å². The van der Waals surface area contributed by atoms with Crippen LogP contribution >= 0.6 is 12.2 Å². The van der Waals surface area contributed by atoms with Gasteiger partial charge in [-0.1, -0.05) is 30.3 Å². The Bertz CT molecular complexity index is 1130. The molecule has 0 atom stereocenters. The van der Waals surface area contributed by atoms with Crippen molar-refractivity contribution in [2.24, 2.45) is 0 Å². The summed E-state index contributed by atoms with van der Waals surface area (Å²) in [7, 11) is 0. The molecule has 2 heterocycles. The van der Waals surface area contributed by atoms with E-state index in [1.807, 2.05) is 54.9 Å². The van der Waals surface area contributed by atoms with Crippen molar-refractivity contribution in [1.82, 2.24) is 14.4 Å². The first-order chi connectivity index (χ1) is 14.0. The minimum Gasteiger partial charge on any atom is -0.317 e. The number of likely N-dealkylation sites (N-methyl/N-ethyl adjacent to an activating group) is 2. The van der Waals surface area contributed by atoms with Crippen LogP contribution in [0.2, 0.25) is 0 Å². The summed E-state index contributed by atoms with van der Waals surface area (Å²) in [5, 5.41) is 2.56. The maximum atomic E-state index is 12.9. The summed E-state index contributed by atoms with van der Waals surface area (Å²) in [6.45, 7) is 4.54. The first-order valence-electron chi connectivity index (χ1n) is 9.61. The van der Waals surface area contributed by atoms with Crippen molar-refractivity contribution >= 4 is 46.0 Å². The smallest absolute Gasteiger partial charge is 0.265 e. The van der Waals surface area contributed by atoms with Crippen molar-refractivity contribution in [3.63, 3.8) is 0 Å². The van der Waals surface area contributed by atoms with Crippen LogP contribution < -0.4 is 0 Å². The summed E-state index contributed by atoms with van der Waals surface area (Å²) in [6, 6.07) is 18.1. The van der Waals surface area contributed by atoms with Crippen LogP contribution in [0.15, 0.2) is 66.4 Å². The molecule has 29 heavy (non-hydrogen) atoms. The van der Waals surface area contributed by atoms with Gasteiger partial charge < -0.3 is 4.57 Å². The van der Waals surface area contributed by atoms with Crippen LogP contribution in [0.4, 0.5) is 0 Å². The van der Waals surface area contributed by atoms with Gasteiger partial charge in [-0.2, -0.15) is 0 Å². The van der Waals surface area contributed by atoms with Crippen molar-refractivity contribution < 1.29 is 9.59 Å². The monoisotopic (exact) mass is 403 g/mol.